The van der Waals surface area contributed by atoms with Gasteiger partial charge in [-0.05, 0) is 12.1 Å². The summed E-state index contributed by atoms with van der Waals surface area (Å²) in [5.41, 5.74) is 1.01. The number of hydrogen-bond acceptors (Lipinski definition) is 4. The minimum atomic E-state index is 0.162. The van der Waals surface area contributed by atoms with Gasteiger partial charge in [0, 0.05) is 11.1 Å². The highest BCUT2D eigenvalue weighted by Gasteiger charge is 2.12. The molecule has 0 unspecified atom stereocenters. The summed E-state index contributed by atoms with van der Waals surface area (Å²) < 4.78 is 0. The van der Waals surface area contributed by atoms with Gasteiger partial charge in [0.05, 0.1) is 0 Å². The first kappa shape index (κ1) is 11.8. The summed E-state index contributed by atoms with van der Waals surface area (Å²) in [6, 6.07) is 3.05. The molecular formula is C8H2Cl4N4. The summed E-state index contributed by atoms with van der Waals surface area (Å²) in [5, 5.41) is 15.2. The Hall–Kier alpha value is -0.680. The van der Waals surface area contributed by atoms with Crippen LogP contribution in [-0.4, -0.2) is 20.4 Å². The van der Waals surface area contributed by atoms with E-state index in [9.17, 15) is 0 Å². The summed E-state index contributed by atoms with van der Waals surface area (Å²) in [6.07, 6.45) is 0. The molecular weight excluding hydrogens is 294 g/mol. The molecule has 0 fully saturated rings. The Morgan fingerprint density at radius 1 is 0.625 bits per heavy atom. The molecule has 2 aromatic rings. The van der Waals surface area contributed by atoms with Crippen molar-refractivity contribution < 1.29 is 0 Å². The van der Waals surface area contributed by atoms with Crippen LogP contribution in [0.4, 0.5) is 0 Å². The highest BCUT2D eigenvalue weighted by atomic mass is 35.5. The Bertz CT molecular complexity index is 496. The van der Waals surface area contributed by atoms with E-state index in [4.69, 9.17) is 46.4 Å². The van der Waals surface area contributed by atoms with Gasteiger partial charge in [-0.3, -0.25) is 0 Å². The fourth-order valence-electron chi connectivity index (χ4n) is 1.08. The molecule has 0 aliphatic heterocycles. The third kappa shape index (κ3) is 2.35. The summed E-state index contributed by atoms with van der Waals surface area (Å²) in [6.45, 7) is 0. The molecule has 0 radical (unpaired) electrons. The summed E-state index contributed by atoms with van der Waals surface area (Å²) in [7, 11) is 0. The molecule has 0 N–H and O–H groups in total. The first-order chi connectivity index (χ1) is 7.58. The molecule has 82 valence electrons. The second-order valence-electron chi connectivity index (χ2n) is 2.74. The predicted molar refractivity (Wildman–Crippen MR) is 63.1 cm³/mol. The average Bonchev–Trinajstić information content (AvgIpc) is 2.25. The fraction of sp³-hybridized carbons (Fsp3) is 0. The predicted octanol–water partition coefficient (Wildman–Crippen LogP) is 3.55. The van der Waals surface area contributed by atoms with Gasteiger partial charge in [-0.25, -0.2) is 0 Å². The van der Waals surface area contributed by atoms with Gasteiger partial charge in [-0.1, -0.05) is 46.4 Å². The smallest absolute Gasteiger partial charge is 0.137 e. The van der Waals surface area contributed by atoms with Gasteiger partial charge in [0.15, 0.2) is 20.6 Å². The van der Waals surface area contributed by atoms with Crippen LogP contribution in [0.1, 0.15) is 0 Å². The molecule has 0 bridgehead atoms. The Kier molecular flexibility index (Phi) is 3.44. The van der Waals surface area contributed by atoms with E-state index in [1.165, 1.54) is 12.1 Å². The minimum Gasteiger partial charge on any atom is -0.137 e. The topological polar surface area (TPSA) is 51.6 Å². The van der Waals surface area contributed by atoms with Crippen molar-refractivity contribution in [3.8, 4) is 11.1 Å². The van der Waals surface area contributed by atoms with Gasteiger partial charge in [-0.2, -0.15) is 0 Å². The third-order valence-corrected chi connectivity index (χ3v) is 2.66. The summed E-state index contributed by atoms with van der Waals surface area (Å²) in [4.78, 5) is 0. The molecule has 0 aromatic carbocycles. The van der Waals surface area contributed by atoms with Crippen LogP contribution in [0, 0.1) is 0 Å². The molecule has 0 aliphatic rings. The summed E-state index contributed by atoms with van der Waals surface area (Å²) >= 11 is 23.2. The van der Waals surface area contributed by atoms with Crippen LogP contribution < -0.4 is 0 Å². The van der Waals surface area contributed by atoms with Gasteiger partial charge in [0.25, 0.3) is 0 Å². The molecule has 0 saturated carbocycles. The maximum absolute atomic E-state index is 5.87. The van der Waals surface area contributed by atoms with Crippen LogP contribution >= 0.6 is 46.4 Å². The summed E-state index contributed by atoms with van der Waals surface area (Å²) in [5.74, 6) is 0. The van der Waals surface area contributed by atoms with E-state index in [1.807, 2.05) is 0 Å². The van der Waals surface area contributed by atoms with Gasteiger partial charge in [-0.15, -0.1) is 20.4 Å². The van der Waals surface area contributed by atoms with Crippen molar-refractivity contribution in [3.05, 3.63) is 32.7 Å². The molecule has 4 nitrogen and oxygen atoms in total. The molecule has 0 saturated heterocycles. The van der Waals surface area contributed by atoms with Crippen LogP contribution in [0.25, 0.3) is 11.1 Å². The first-order valence-electron chi connectivity index (χ1n) is 3.96. The van der Waals surface area contributed by atoms with Crippen LogP contribution in [0.5, 0.6) is 0 Å². The quantitative estimate of drug-likeness (QED) is 0.807. The first-order valence-corrected chi connectivity index (χ1v) is 5.47. The molecule has 0 aliphatic carbocycles. The monoisotopic (exact) mass is 294 g/mol. The van der Waals surface area contributed by atoms with Crippen molar-refractivity contribution in [3.63, 3.8) is 0 Å². The number of aromatic nitrogens is 4. The zero-order valence-electron chi connectivity index (χ0n) is 7.46. The highest BCUT2D eigenvalue weighted by Crippen LogP contribution is 2.32. The second kappa shape index (κ2) is 4.67. The van der Waals surface area contributed by atoms with Crippen molar-refractivity contribution in [2.45, 2.75) is 0 Å². The molecule has 2 aromatic heterocycles. The van der Waals surface area contributed by atoms with Crippen LogP contribution in [0.2, 0.25) is 20.6 Å². The van der Waals surface area contributed by atoms with E-state index in [2.05, 4.69) is 20.4 Å². The Morgan fingerprint density at radius 2 is 1.00 bits per heavy atom. The Balaban J connectivity index is 2.66. The number of hydrogen-bond donors (Lipinski definition) is 0. The molecule has 0 atom stereocenters. The largest absolute Gasteiger partial charge is 0.159 e. The van der Waals surface area contributed by atoms with E-state index < -0.39 is 0 Å². The van der Waals surface area contributed by atoms with Gasteiger partial charge >= 0.3 is 0 Å². The lowest BCUT2D eigenvalue weighted by Crippen LogP contribution is -1.92. The lowest BCUT2D eigenvalue weighted by atomic mass is 10.1. The highest BCUT2D eigenvalue weighted by molar-refractivity contribution is 6.36. The van der Waals surface area contributed by atoms with Gasteiger partial charge in [0.1, 0.15) is 0 Å². The van der Waals surface area contributed by atoms with E-state index >= 15 is 0 Å². The minimum absolute atomic E-state index is 0.162. The lowest BCUT2D eigenvalue weighted by molar-refractivity contribution is 1.02. The number of rotatable bonds is 1. The lowest BCUT2D eigenvalue weighted by Gasteiger charge is -2.04. The molecule has 8 heteroatoms. The van der Waals surface area contributed by atoms with E-state index in [0.717, 1.165) is 0 Å². The van der Waals surface area contributed by atoms with Crippen LogP contribution in [0.3, 0.4) is 0 Å². The van der Waals surface area contributed by atoms with E-state index in [-0.39, 0.29) is 20.6 Å². The van der Waals surface area contributed by atoms with Crippen LogP contribution in [-0.2, 0) is 0 Å². The molecule has 0 amide bonds. The van der Waals surface area contributed by atoms with E-state index in [1.54, 1.807) is 0 Å². The fourth-order valence-corrected chi connectivity index (χ4v) is 1.77. The van der Waals surface area contributed by atoms with E-state index in [0.29, 0.717) is 11.1 Å². The number of halogens is 4. The second-order valence-corrected chi connectivity index (χ2v) is 4.23. The Morgan fingerprint density at radius 3 is 1.38 bits per heavy atom. The van der Waals surface area contributed by atoms with Crippen molar-refractivity contribution in [1.29, 1.82) is 0 Å². The molecule has 0 spiro atoms. The zero-order valence-corrected chi connectivity index (χ0v) is 10.5. The maximum atomic E-state index is 5.87. The molecule has 16 heavy (non-hydrogen) atoms. The molecule has 2 rings (SSSR count). The van der Waals surface area contributed by atoms with Crippen LogP contribution in [0.15, 0.2) is 12.1 Å². The van der Waals surface area contributed by atoms with Gasteiger partial charge in [0.2, 0.25) is 0 Å². The van der Waals surface area contributed by atoms with Crippen molar-refractivity contribution in [2.75, 3.05) is 0 Å². The standard InChI is InChI=1S/C8H2Cl4N4/c9-5-1-3(7(11)15-13-5)4-2-6(10)14-16-8(4)12/h1-2H. The Labute approximate surface area is 111 Å². The molecule has 2 heterocycles. The van der Waals surface area contributed by atoms with Crippen molar-refractivity contribution in [2.24, 2.45) is 0 Å². The van der Waals surface area contributed by atoms with Gasteiger partial charge < -0.3 is 0 Å². The van der Waals surface area contributed by atoms with Crippen molar-refractivity contribution >= 4 is 46.4 Å². The third-order valence-electron chi connectivity index (χ3n) is 1.73. The normalized spacial score (nSPS) is 10.5. The number of nitrogens with zero attached hydrogens (tertiary/aromatic N) is 4. The maximum Gasteiger partial charge on any atom is 0.159 e. The average molecular weight is 296 g/mol. The van der Waals surface area contributed by atoms with Crippen molar-refractivity contribution in [1.82, 2.24) is 20.4 Å². The zero-order chi connectivity index (χ0) is 11.7. The SMILES string of the molecule is Clc1cc(-c2cc(Cl)nnc2Cl)c(Cl)nn1.